The Morgan fingerprint density at radius 3 is 2.25 bits per heavy atom. The largest absolute Gasteiger partial charge is 0.388 e. The van der Waals surface area contributed by atoms with Gasteiger partial charge in [0.1, 0.15) is 13.2 Å². The number of hydrogen-bond acceptors (Lipinski definition) is 4. The van der Waals surface area contributed by atoms with E-state index >= 15 is 0 Å². The maximum atomic E-state index is 9.21. The van der Waals surface area contributed by atoms with Gasteiger partial charge in [-0.25, -0.2) is 0 Å². The van der Waals surface area contributed by atoms with Crippen molar-refractivity contribution in [3.8, 4) is 0 Å². The van der Waals surface area contributed by atoms with E-state index < -0.39 is 0 Å². The third-order valence-corrected chi connectivity index (χ3v) is 2.16. The van der Waals surface area contributed by atoms with Gasteiger partial charge in [0.25, 0.3) is 0 Å². The van der Waals surface area contributed by atoms with Gasteiger partial charge < -0.3 is 14.4 Å². The molecule has 0 fully saturated rings. The van der Waals surface area contributed by atoms with Crippen LogP contribution in [-0.4, -0.2) is 26.0 Å². The highest BCUT2D eigenvalue weighted by Gasteiger charge is 2.22. The highest BCUT2D eigenvalue weighted by atomic mass is 16.5. The topological polar surface area (TPSA) is 60.2 Å². The monoisotopic (exact) mass is 227 g/mol. The summed E-state index contributed by atoms with van der Waals surface area (Å²) in [6.07, 6.45) is 0.155. The summed E-state index contributed by atoms with van der Waals surface area (Å²) in [5.74, 6) is 1.33. The lowest BCUT2D eigenvalue weighted by Gasteiger charge is -2.24. The first-order valence-electron chi connectivity index (χ1n) is 5.52. The molecule has 5 nitrogen and oxygen atoms in total. The van der Waals surface area contributed by atoms with Crippen molar-refractivity contribution in [2.24, 2.45) is 0 Å². The molecule has 1 aromatic heterocycles. The van der Waals surface area contributed by atoms with E-state index in [1.54, 1.807) is 0 Å². The molecule has 0 bridgehead atoms. The first kappa shape index (κ1) is 13.1. The molecule has 0 amide bonds. The fourth-order valence-corrected chi connectivity index (χ4v) is 1.57. The number of aromatic nitrogens is 3. The molecular weight excluding hydrogens is 206 g/mol. The minimum Gasteiger partial charge on any atom is -0.388 e. The summed E-state index contributed by atoms with van der Waals surface area (Å²) in [5, 5.41) is 17.2. The molecule has 0 aromatic carbocycles. The molecule has 0 unspecified atom stereocenters. The van der Waals surface area contributed by atoms with Crippen molar-refractivity contribution < 1.29 is 9.84 Å². The van der Waals surface area contributed by atoms with Crippen LogP contribution in [0.4, 0.5) is 0 Å². The van der Waals surface area contributed by atoms with E-state index in [0.717, 1.165) is 5.82 Å². The number of aliphatic hydroxyl groups excluding tert-OH is 1. The van der Waals surface area contributed by atoms with E-state index in [4.69, 9.17) is 4.74 Å². The van der Waals surface area contributed by atoms with Crippen molar-refractivity contribution in [2.45, 2.75) is 59.5 Å². The third kappa shape index (κ3) is 3.02. The second-order valence-corrected chi connectivity index (χ2v) is 5.06. The Hall–Kier alpha value is -0.940. The SMILES string of the molecule is CC(C)OCc1nnc(CO)n1C(C)(C)C. The Kier molecular flexibility index (Phi) is 4.04. The lowest BCUT2D eigenvalue weighted by molar-refractivity contribution is 0.0567. The zero-order valence-corrected chi connectivity index (χ0v) is 10.7. The molecule has 5 heteroatoms. The quantitative estimate of drug-likeness (QED) is 0.845. The van der Waals surface area contributed by atoms with Crippen molar-refractivity contribution in [3.63, 3.8) is 0 Å². The van der Waals surface area contributed by atoms with E-state index in [2.05, 4.69) is 10.2 Å². The molecule has 1 heterocycles. The maximum Gasteiger partial charge on any atom is 0.159 e. The maximum absolute atomic E-state index is 9.21. The van der Waals surface area contributed by atoms with Gasteiger partial charge in [0.05, 0.1) is 6.10 Å². The lowest BCUT2D eigenvalue weighted by atomic mass is 10.1. The normalized spacial score (nSPS) is 12.4. The van der Waals surface area contributed by atoms with Crippen molar-refractivity contribution in [2.75, 3.05) is 0 Å². The van der Waals surface area contributed by atoms with Crippen molar-refractivity contribution in [3.05, 3.63) is 11.6 Å². The molecule has 0 saturated heterocycles. The Morgan fingerprint density at radius 1 is 1.25 bits per heavy atom. The highest BCUT2D eigenvalue weighted by molar-refractivity contribution is 4.99. The first-order valence-corrected chi connectivity index (χ1v) is 5.52. The summed E-state index contributed by atoms with van der Waals surface area (Å²) in [5.41, 5.74) is -0.156. The average molecular weight is 227 g/mol. The molecule has 1 rings (SSSR count). The summed E-state index contributed by atoms with van der Waals surface area (Å²) >= 11 is 0. The molecule has 0 aliphatic rings. The highest BCUT2D eigenvalue weighted by Crippen LogP contribution is 2.19. The van der Waals surface area contributed by atoms with E-state index in [1.807, 2.05) is 39.2 Å². The Bertz CT molecular complexity index is 339. The summed E-state index contributed by atoms with van der Waals surface area (Å²) in [7, 11) is 0. The zero-order chi connectivity index (χ0) is 12.3. The molecule has 1 aromatic rings. The van der Waals surface area contributed by atoms with Crippen molar-refractivity contribution in [1.82, 2.24) is 14.8 Å². The van der Waals surface area contributed by atoms with E-state index in [9.17, 15) is 5.11 Å². The van der Waals surface area contributed by atoms with Crippen LogP contribution in [0.2, 0.25) is 0 Å². The minimum atomic E-state index is -0.156. The predicted molar refractivity (Wildman–Crippen MR) is 60.9 cm³/mol. The number of hydrogen-bond donors (Lipinski definition) is 1. The molecule has 0 radical (unpaired) electrons. The van der Waals surface area contributed by atoms with Crippen LogP contribution in [-0.2, 0) is 23.5 Å². The summed E-state index contributed by atoms with van der Waals surface area (Å²) in [4.78, 5) is 0. The van der Waals surface area contributed by atoms with E-state index in [0.29, 0.717) is 12.4 Å². The number of nitrogens with zero attached hydrogens (tertiary/aromatic N) is 3. The van der Waals surface area contributed by atoms with Crippen LogP contribution in [0.5, 0.6) is 0 Å². The van der Waals surface area contributed by atoms with Gasteiger partial charge in [-0.1, -0.05) is 0 Å². The Morgan fingerprint density at radius 2 is 1.81 bits per heavy atom. The standard InChI is InChI=1S/C11H21N3O2/c1-8(2)16-7-10-13-12-9(6-15)14(10)11(3,4)5/h8,15H,6-7H2,1-5H3. The number of ether oxygens (including phenoxy) is 1. The van der Waals surface area contributed by atoms with Crippen LogP contribution in [0.25, 0.3) is 0 Å². The van der Waals surface area contributed by atoms with Gasteiger partial charge in [-0.2, -0.15) is 0 Å². The molecule has 0 aliphatic heterocycles. The fraction of sp³-hybridized carbons (Fsp3) is 0.818. The molecule has 92 valence electrons. The average Bonchev–Trinajstić information content (AvgIpc) is 2.56. The Balaban J connectivity index is 2.96. The van der Waals surface area contributed by atoms with Gasteiger partial charge in [-0.05, 0) is 34.6 Å². The Labute approximate surface area is 96.5 Å². The molecule has 0 aliphatic carbocycles. The molecule has 0 spiro atoms. The summed E-state index contributed by atoms with van der Waals surface area (Å²) in [6, 6.07) is 0. The van der Waals surface area contributed by atoms with Crippen LogP contribution < -0.4 is 0 Å². The lowest BCUT2D eigenvalue weighted by Crippen LogP contribution is -2.27. The van der Waals surface area contributed by atoms with Crippen LogP contribution in [0.3, 0.4) is 0 Å². The number of rotatable bonds is 4. The summed E-state index contributed by atoms with van der Waals surface area (Å²) in [6.45, 7) is 10.4. The molecule has 1 N–H and O–H groups in total. The fourth-order valence-electron chi connectivity index (χ4n) is 1.57. The van der Waals surface area contributed by atoms with Crippen LogP contribution in [0.1, 0.15) is 46.3 Å². The third-order valence-electron chi connectivity index (χ3n) is 2.16. The molecule has 0 saturated carbocycles. The number of aliphatic hydroxyl groups is 1. The van der Waals surface area contributed by atoms with Gasteiger partial charge in [-0.15, -0.1) is 10.2 Å². The smallest absolute Gasteiger partial charge is 0.159 e. The predicted octanol–water partition coefficient (Wildman–Crippen LogP) is 1.45. The van der Waals surface area contributed by atoms with Gasteiger partial charge in [0.2, 0.25) is 0 Å². The molecule has 16 heavy (non-hydrogen) atoms. The van der Waals surface area contributed by atoms with Crippen LogP contribution >= 0.6 is 0 Å². The zero-order valence-electron chi connectivity index (χ0n) is 10.7. The summed E-state index contributed by atoms with van der Waals surface area (Å²) < 4.78 is 7.44. The van der Waals surface area contributed by atoms with Crippen molar-refractivity contribution in [1.29, 1.82) is 0 Å². The van der Waals surface area contributed by atoms with Gasteiger partial charge >= 0.3 is 0 Å². The molecular formula is C11H21N3O2. The van der Waals surface area contributed by atoms with Gasteiger partial charge in [0.15, 0.2) is 11.6 Å². The minimum absolute atomic E-state index is 0.105. The van der Waals surface area contributed by atoms with Gasteiger partial charge in [0, 0.05) is 5.54 Å². The first-order chi connectivity index (χ1) is 7.36. The van der Waals surface area contributed by atoms with Crippen LogP contribution in [0.15, 0.2) is 0 Å². The van der Waals surface area contributed by atoms with Crippen molar-refractivity contribution >= 4 is 0 Å². The van der Waals surface area contributed by atoms with E-state index in [-0.39, 0.29) is 18.2 Å². The second-order valence-electron chi connectivity index (χ2n) is 5.06. The second kappa shape index (κ2) is 4.93. The molecule has 0 atom stereocenters. The van der Waals surface area contributed by atoms with E-state index in [1.165, 1.54) is 0 Å². The van der Waals surface area contributed by atoms with Gasteiger partial charge in [-0.3, -0.25) is 0 Å². The van der Waals surface area contributed by atoms with Crippen LogP contribution in [0, 0.1) is 0 Å².